The second-order valence-electron chi connectivity index (χ2n) is 5.23. The van der Waals surface area contributed by atoms with Gasteiger partial charge in [0.1, 0.15) is 23.2 Å². The molecule has 0 aliphatic heterocycles. The largest absolute Gasteiger partial charge is 0.114 e. The fourth-order valence-electron chi connectivity index (χ4n) is 3.01. The molecule has 118 valence electrons. The Balaban J connectivity index is 0.00000192. The average Bonchev–Trinajstić information content (AvgIpc) is 2.62. The molecule has 0 amide bonds. The summed E-state index contributed by atoms with van der Waals surface area (Å²) in [5.74, 6) is 0. The Kier molecular flexibility index (Phi) is 7.02. The van der Waals surface area contributed by atoms with Gasteiger partial charge in [-0.15, -0.1) is 17.0 Å². The van der Waals surface area contributed by atoms with E-state index >= 15 is 0 Å². The first-order valence-corrected chi connectivity index (χ1v) is 10.6. The Morgan fingerprint density at radius 1 is 0.565 bits per heavy atom. The van der Waals surface area contributed by atoms with Crippen LogP contribution in [0.4, 0.5) is 0 Å². The van der Waals surface area contributed by atoms with Crippen molar-refractivity contribution in [1.82, 2.24) is 0 Å². The third kappa shape index (κ3) is 3.76. The Labute approximate surface area is 158 Å². The first kappa shape index (κ1) is 18.4. The topological polar surface area (TPSA) is 0 Å². The third-order valence-corrected chi connectivity index (χ3v) is 9.45. The molecule has 3 aromatic carbocycles. The molecular weight excluding hydrogens is 431 g/mol. The zero-order chi connectivity index (χ0) is 15.3. The molecule has 0 radical (unpaired) electrons. The molecule has 0 aromatic heterocycles. The second-order valence-corrected chi connectivity index (χ2v) is 9.64. The van der Waals surface area contributed by atoms with Gasteiger partial charge in [-0.1, -0.05) is 70.5 Å². The predicted octanol–water partition coefficient (Wildman–Crippen LogP) is 4.95. The first-order valence-electron chi connectivity index (χ1n) is 7.49. The molecule has 3 rings (SSSR count). The molecule has 0 bridgehead atoms. The van der Waals surface area contributed by atoms with Crippen LogP contribution >= 0.6 is 40.2 Å². The van der Waals surface area contributed by atoms with E-state index in [-0.39, 0.29) is 17.0 Å². The highest BCUT2D eigenvalue weighted by Gasteiger charge is 2.44. The van der Waals surface area contributed by atoms with E-state index in [2.05, 4.69) is 107 Å². The van der Waals surface area contributed by atoms with Gasteiger partial charge in [0.05, 0.1) is 6.16 Å². The number of rotatable bonds is 5. The Hall–Kier alpha value is -0.950. The quantitative estimate of drug-likeness (QED) is 0.381. The summed E-state index contributed by atoms with van der Waals surface area (Å²) < 4.78 is 0. The molecule has 0 nitrogen and oxygen atoms in total. The zero-order valence-corrected chi connectivity index (χ0v) is 17.0. The van der Waals surface area contributed by atoms with Gasteiger partial charge in [-0.2, -0.15) is 0 Å². The van der Waals surface area contributed by atoms with Gasteiger partial charge in [-0.05, 0) is 36.4 Å². The maximum Gasteiger partial charge on any atom is 0.112 e. The molecule has 0 saturated carbocycles. The first-order chi connectivity index (χ1) is 10.9. The molecule has 0 aliphatic rings. The molecule has 3 heteroatoms. The van der Waals surface area contributed by atoms with Crippen molar-refractivity contribution < 1.29 is 0 Å². The van der Waals surface area contributed by atoms with E-state index in [1.165, 1.54) is 15.9 Å². The second kappa shape index (κ2) is 8.78. The highest BCUT2D eigenvalue weighted by Crippen LogP contribution is 2.55. The highest BCUT2D eigenvalue weighted by molar-refractivity contribution is 9.09. The van der Waals surface area contributed by atoms with Crippen molar-refractivity contribution in [1.29, 1.82) is 0 Å². The fourth-order valence-corrected chi connectivity index (χ4v) is 8.57. The number of hydrogen-bond acceptors (Lipinski definition) is 0. The monoisotopic (exact) mass is 449 g/mol. The van der Waals surface area contributed by atoms with E-state index in [1.54, 1.807) is 0 Å². The van der Waals surface area contributed by atoms with Crippen molar-refractivity contribution in [3.8, 4) is 0 Å². The minimum Gasteiger partial charge on any atom is -0.114 e. The summed E-state index contributed by atoms with van der Waals surface area (Å²) in [4.78, 5) is 0. The van der Waals surface area contributed by atoms with Crippen LogP contribution in [0.3, 0.4) is 0 Å². The molecule has 0 fully saturated rings. The van der Waals surface area contributed by atoms with Gasteiger partial charge in [0.25, 0.3) is 0 Å². The van der Waals surface area contributed by atoms with Crippen LogP contribution in [0.5, 0.6) is 0 Å². The van der Waals surface area contributed by atoms with Crippen molar-refractivity contribution in [2.24, 2.45) is 0 Å². The number of benzene rings is 3. The normalized spacial score (nSPS) is 10.8. The summed E-state index contributed by atoms with van der Waals surface area (Å²) in [5, 5.41) is 5.35. The van der Waals surface area contributed by atoms with Crippen LogP contribution in [0.15, 0.2) is 91.0 Å². The highest BCUT2D eigenvalue weighted by atomic mass is 79.9. The number of alkyl halides is 1. The van der Waals surface area contributed by atoms with Crippen molar-refractivity contribution in [3.05, 3.63) is 91.0 Å². The predicted molar refractivity (Wildman–Crippen MR) is 114 cm³/mol. The smallest absolute Gasteiger partial charge is 0.112 e. The van der Waals surface area contributed by atoms with Gasteiger partial charge in [0.2, 0.25) is 0 Å². The Morgan fingerprint density at radius 3 is 1.13 bits per heavy atom. The van der Waals surface area contributed by atoms with Gasteiger partial charge >= 0.3 is 0 Å². The average molecular weight is 451 g/mol. The molecule has 0 saturated heterocycles. The van der Waals surface area contributed by atoms with Gasteiger partial charge in [-0.25, -0.2) is 0 Å². The fraction of sp³-hybridized carbons (Fsp3) is 0.100. The van der Waals surface area contributed by atoms with Gasteiger partial charge in [0.15, 0.2) is 0 Å². The summed E-state index contributed by atoms with van der Waals surface area (Å²) in [6.45, 7) is 0. The molecule has 0 atom stereocenters. The lowest BCUT2D eigenvalue weighted by Crippen LogP contribution is -2.33. The summed E-state index contributed by atoms with van der Waals surface area (Å²) in [6.07, 6.45) is 1.13. The van der Waals surface area contributed by atoms with Crippen molar-refractivity contribution >= 4 is 56.1 Å². The Bertz CT molecular complexity index is 603. The van der Waals surface area contributed by atoms with Crippen LogP contribution < -0.4 is 15.9 Å². The minimum absolute atomic E-state index is 0. The number of halogens is 2. The van der Waals surface area contributed by atoms with Crippen LogP contribution in [-0.2, 0) is 0 Å². The van der Waals surface area contributed by atoms with Crippen LogP contribution in [0.2, 0.25) is 0 Å². The van der Waals surface area contributed by atoms with E-state index in [0.29, 0.717) is 0 Å². The summed E-state index contributed by atoms with van der Waals surface area (Å²) >= 11 is 3.70. The lowest BCUT2D eigenvalue weighted by Gasteiger charge is -2.27. The van der Waals surface area contributed by atoms with Crippen molar-refractivity contribution in [3.63, 3.8) is 0 Å². The molecule has 23 heavy (non-hydrogen) atoms. The van der Waals surface area contributed by atoms with Crippen molar-refractivity contribution in [2.75, 3.05) is 11.5 Å². The van der Waals surface area contributed by atoms with Crippen molar-refractivity contribution in [2.45, 2.75) is 0 Å². The van der Waals surface area contributed by atoms with Crippen LogP contribution in [0, 0.1) is 0 Å². The van der Waals surface area contributed by atoms with Gasteiger partial charge in [0, 0.05) is 5.33 Å². The van der Waals surface area contributed by atoms with Crippen LogP contribution in [-0.4, -0.2) is 11.5 Å². The lowest BCUT2D eigenvalue weighted by atomic mass is 10.4. The maximum absolute atomic E-state index is 3.70. The standard InChI is InChI=1S/C20H19BrP.BrH/c21-16-17-22(18-10-4-1-5-11-18,19-12-6-2-7-13-19)20-14-8-3-9-15-20;/h1-15H,16-17H2;1H/q+1;. The van der Waals surface area contributed by atoms with E-state index in [4.69, 9.17) is 0 Å². The summed E-state index contributed by atoms with van der Waals surface area (Å²) in [7, 11) is -1.60. The Morgan fingerprint density at radius 2 is 0.870 bits per heavy atom. The maximum atomic E-state index is 3.70. The van der Waals surface area contributed by atoms with E-state index in [1.807, 2.05) is 0 Å². The number of hydrogen-bond donors (Lipinski definition) is 0. The van der Waals surface area contributed by atoms with E-state index in [0.717, 1.165) is 11.5 Å². The van der Waals surface area contributed by atoms with E-state index < -0.39 is 7.26 Å². The molecule has 0 unspecified atom stereocenters. The molecule has 0 heterocycles. The molecule has 0 spiro atoms. The van der Waals surface area contributed by atoms with Crippen LogP contribution in [0.25, 0.3) is 0 Å². The van der Waals surface area contributed by atoms with Gasteiger partial charge < -0.3 is 0 Å². The summed E-state index contributed by atoms with van der Waals surface area (Å²) in [6, 6.07) is 33.0. The minimum atomic E-state index is -1.60. The lowest BCUT2D eigenvalue weighted by molar-refractivity contribution is 1.53. The molecular formula is C20H20Br2P+. The SMILES string of the molecule is Br.BrCC[P+](c1ccccc1)(c1ccccc1)c1ccccc1. The summed E-state index contributed by atoms with van der Waals surface area (Å²) in [5.41, 5.74) is 0. The van der Waals surface area contributed by atoms with Gasteiger partial charge in [-0.3, -0.25) is 0 Å². The molecule has 3 aromatic rings. The zero-order valence-electron chi connectivity index (χ0n) is 12.8. The third-order valence-electron chi connectivity index (χ3n) is 4.01. The molecule has 0 aliphatic carbocycles. The van der Waals surface area contributed by atoms with E-state index in [9.17, 15) is 0 Å². The van der Waals surface area contributed by atoms with Crippen LogP contribution in [0.1, 0.15) is 0 Å². The molecule has 0 N–H and O–H groups in total.